The molecule has 138 valence electrons. The molecule has 5 heteroatoms. The third-order valence-electron chi connectivity index (χ3n) is 5.17. The van der Waals surface area contributed by atoms with Crippen LogP contribution in [0.4, 0.5) is 0 Å². The third kappa shape index (κ3) is 4.81. The Balaban J connectivity index is 0.00000196. The SMILES string of the molecule is Cl.O=C(NC1CC2CCC(C1)N2)c1ccc(CSc2ccccc2)cc1. The molecule has 0 aromatic heterocycles. The molecule has 2 heterocycles. The fourth-order valence-electron chi connectivity index (χ4n) is 3.88. The molecule has 3 nitrogen and oxygen atoms in total. The lowest BCUT2D eigenvalue weighted by Crippen LogP contribution is -2.48. The largest absolute Gasteiger partial charge is 0.349 e. The van der Waals surface area contributed by atoms with Gasteiger partial charge in [-0.3, -0.25) is 4.79 Å². The summed E-state index contributed by atoms with van der Waals surface area (Å²) in [5, 5.41) is 6.84. The summed E-state index contributed by atoms with van der Waals surface area (Å²) in [7, 11) is 0. The Morgan fingerprint density at radius 1 is 1.00 bits per heavy atom. The van der Waals surface area contributed by atoms with Gasteiger partial charge >= 0.3 is 0 Å². The van der Waals surface area contributed by atoms with Gasteiger partial charge in [0.05, 0.1) is 0 Å². The van der Waals surface area contributed by atoms with Gasteiger partial charge in [-0.25, -0.2) is 0 Å². The van der Waals surface area contributed by atoms with Gasteiger partial charge in [-0.05, 0) is 55.5 Å². The third-order valence-corrected chi connectivity index (χ3v) is 6.26. The van der Waals surface area contributed by atoms with E-state index >= 15 is 0 Å². The number of fused-ring (bicyclic) bond motifs is 2. The first-order valence-electron chi connectivity index (χ1n) is 9.10. The lowest BCUT2D eigenvalue weighted by atomic mass is 9.99. The highest BCUT2D eigenvalue weighted by Gasteiger charge is 2.34. The highest BCUT2D eigenvalue weighted by atomic mass is 35.5. The van der Waals surface area contributed by atoms with E-state index < -0.39 is 0 Å². The summed E-state index contributed by atoms with van der Waals surface area (Å²) in [5.41, 5.74) is 2.00. The van der Waals surface area contributed by atoms with Crippen molar-refractivity contribution in [1.82, 2.24) is 10.6 Å². The predicted molar refractivity (Wildman–Crippen MR) is 110 cm³/mol. The molecule has 2 unspecified atom stereocenters. The van der Waals surface area contributed by atoms with Crippen molar-refractivity contribution in [2.24, 2.45) is 0 Å². The van der Waals surface area contributed by atoms with E-state index in [0.29, 0.717) is 18.1 Å². The number of benzene rings is 2. The van der Waals surface area contributed by atoms with Gasteiger partial charge in [0.25, 0.3) is 5.91 Å². The zero-order valence-corrected chi connectivity index (χ0v) is 16.3. The Morgan fingerprint density at radius 3 is 2.31 bits per heavy atom. The summed E-state index contributed by atoms with van der Waals surface area (Å²) >= 11 is 1.82. The number of halogens is 1. The molecule has 2 saturated heterocycles. The van der Waals surface area contributed by atoms with Crippen molar-refractivity contribution < 1.29 is 4.79 Å². The molecule has 2 fully saturated rings. The van der Waals surface area contributed by atoms with Crippen LogP contribution in [0.1, 0.15) is 41.6 Å². The van der Waals surface area contributed by atoms with E-state index in [4.69, 9.17) is 0 Å². The number of carbonyl (C=O) groups excluding carboxylic acids is 1. The fraction of sp³-hybridized carbons (Fsp3) is 0.381. The molecule has 0 spiro atoms. The summed E-state index contributed by atoms with van der Waals surface area (Å²) in [6, 6.07) is 19.9. The number of hydrogen-bond acceptors (Lipinski definition) is 3. The highest BCUT2D eigenvalue weighted by Crippen LogP contribution is 2.27. The van der Waals surface area contributed by atoms with Crippen LogP contribution < -0.4 is 10.6 Å². The van der Waals surface area contributed by atoms with E-state index in [-0.39, 0.29) is 18.3 Å². The lowest BCUT2D eigenvalue weighted by molar-refractivity contribution is 0.0924. The van der Waals surface area contributed by atoms with Gasteiger partial charge in [0.15, 0.2) is 0 Å². The second kappa shape index (κ2) is 8.94. The van der Waals surface area contributed by atoms with E-state index in [1.54, 1.807) is 0 Å². The second-order valence-corrected chi connectivity index (χ2v) is 8.13. The van der Waals surface area contributed by atoms with Gasteiger partial charge < -0.3 is 10.6 Å². The van der Waals surface area contributed by atoms with E-state index in [0.717, 1.165) is 24.2 Å². The molecule has 4 rings (SSSR count). The minimum atomic E-state index is 0. The number of nitrogens with one attached hydrogen (secondary N) is 2. The van der Waals surface area contributed by atoms with Crippen LogP contribution in [0.2, 0.25) is 0 Å². The Kier molecular flexibility index (Phi) is 6.63. The Hall–Kier alpha value is -1.49. The van der Waals surface area contributed by atoms with Crippen molar-refractivity contribution >= 4 is 30.1 Å². The van der Waals surface area contributed by atoms with E-state index in [1.165, 1.54) is 23.3 Å². The topological polar surface area (TPSA) is 41.1 Å². The predicted octanol–water partition coefficient (Wildman–Crippen LogP) is 4.41. The van der Waals surface area contributed by atoms with Crippen LogP contribution in [0.3, 0.4) is 0 Å². The maximum Gasteiger partial charge on any atom is 0.251 e. The summed E-state index contributed by atoms with van der Waals surface area (Å²) < 4.78 is 0. The molecule has 2 N–H and O–H groups in total. The van der Waals surface area contributed by atoms with E-state index in [1.807, 2.05) is 30.0 Å². The minimum absolute atomic E-state index is 0. The van der Waals surface area contributed by atoms with Crippen LogP contribution in [0, 0.1) is 0 Å². The molecule has 2 atom stereocenters. The Bertz CT molecular complexity index is 711. The van der Waals surface area contributed by atoms with Crippen molar-refractivity contribution in [3.05, 3.63) is 65.7 Å². The maximum absolute atomic E-state index is 12.5. The van der Waals surface area contributed by atoms with Crippen molar-refractivity contribution in [2.75, 3.05) is 0 Å². The lowest BCUT2D eigenvalue weighted by Gasteiger charge is -2.29. The van der Waals surface area contributed by atoms with Crippen LogP contribution in [-0.2, 0) is 5.75 Å². The first-order chi connectivity index (χ1) is 12.3. The first kappa shape index (κ1) is 19.3. The van der Waals surface area contributed by atoms with Crippen LogP contribution in [0.25, 0.3) is 0 Å². The van der Waals surface area contributed by atoms with Crippen LogP contribution in [-0.4, -0.2) is 24.0 Å². The van der Waals surface area contributed by atoms with Gasteiger partial charge in [-0.1, -0.05) is 30.3 Å². The van der Waals surface area contributed by atoms with Crippen LogP contribution in [0.5, 0.6) is 0 Å². The van der Waals surface area contributed by atoms with Crippen LogP contribution in [0.15, 0.2) is 59.5 Å². The van der Waals surface area contributed by atoms with Crippen molar-refractivity contribution in [2.45, 2.75) is 54.5 Å². The molecule has 2 aromatic carbocycles. The van der Waals surface area contributed by atoms with Crippen molar-refractivity contribution in [3.8, 4) is 0 Å². The smallest absolute Gasteiger partial charge is 0.251 e. The highest BCUT2D eigenvalue weighted by molar-refractivity contribution is 7.98. The van der Waals surface area contributed by atoms with Gasteiger partial charge in [0, 0.05) is 34.3 Å². The number of rotatable bonds is 5. The molecule has 26 heavy (non-hydrogen) atoms. The summed E-state index contributed by atoms with van der Waals surface area (Å²) in [6.07, 6.45) is 4.64. The second-order valence-electron chi connectivity index (χ2n) is 7.08. The van der Waals surface area contributed by atoms with Gasteiger partial charge in [-0.15, -0.1) is 24.2 Å². The fourth-order valence-corrected chi connectivity index (χ4v) is 4.75. The van der Waals surface area contributed by atoms with E-state index in [9.17, 15) is 4.79 Å². The van der Waals surface area contributed by atoms with Crippen molar-refractivity contribution in [3.63, 3.8) is 0 Å². The number of amides is 1. The monoisotopic (exact) mass is 388 g/mol. The maximum atomic E-state index is 12.5. The zero-order chi connectivity index (χ0) is 17.1. The first-order valence-corrected chi connectivity index (χ1v) is 10.1. The molecule has 0 aliphatic carbocycles. The Labute approximate surface area is 165 Å². The molecular weight excluding hydrogens is 364 g/mol. The van der Waals surface area contributed by atoms with Crippen molar-refractivity contribution in [1.29, 1.82) is 0 Å². The quantitative estimate of drug-likeness (QED) is 0.745. The Morgan fingerprint density at radius 2 is 1.65 bits per heavy atom. The standard InChI is InChI=1S/C21H24N2OS.ClH/c24-21(23-19-12-17-10-11-18(13-19)22-17)16-8-6-15(7-9-16)14-25-20-4-2-1-3-5-20;/h1-9,17-19,22H,10-14H2,(H,23,24);1H. The number of piperidine rings is 1. The van der Waals surface area contributed by atoms with Gasteiger partial charge in [0.2, 0.25) is 0 Å². The van der Waals surface area contributed by atoms with Gasteiger partial charge in [0.1, 0.15) is 0 Å². The molecular formula is C21H25ClN2OS. The molecule has 2 aromatic rings. The molecule has 0 saturated carbocycles. The van der Waals surface area contributed by atoms with E-state index in [2.05, 4.69) is 47.0 Å². The minimum Gasteiger partial charge on any atom is -0.349 e. The zero-order valence-electron chi connectivity index (χ0n) is 14.7. The number of hydrogen-bond donors (Lipinski definition) is 2. The molecule has 2 aliphatic heterocycles. The summed E-state index contributed by atoms with van der Waals surface area (Å²) in [5.74, 6) is 0.984. The summed E-state index contributed by atoms with van der Waals surface area (Å²) in [4.78, 5) is 13.8. The summed E-state index contributed by atoms with van der Waals surface area (Å²) in [6.45, 7) is 0. The molecule has 2 aliphatic rings. The van der Waals surface area contributed by atoms with Crippen LogP contribution >= 0.6 is 24.2 Å². The molecule has 1 amide bonds. The molecule has 2 bridgehead atoms. The average molecular weight is 389 g/mol. The van der Waals surface area contributed by atoms with Gasteiger partial charge in [-0.2, -0.15) is 0 Å². The average Bonchev–Trinajstić information content (AvgIpc) is 2.99. The molecule has 0 radical (unpaired) electrons. The normalized spacial score (nSPS) is 23.9. The number of thioether (sulfide) groups is 1. The number of carbonyl (C=O) groups is 1.